The van der Waals surface area contributed by atoms with E-state index in [1.54, 1.807) is 0 Å². The quantitative estimate of drug-likeness (QED) is 0.715. The van der Waals surface area contributed by atoms with Gasteiger partial charge in [-0.25, -0.2) is 0 Å². The molecule has 0 heterocycles. The van der Waals surface area contributed by atoms with Crippen LogP contribution in [0, 0.1) is 5.92 Å². The van der Waals surface area contributed by atoms with Crippen LogP contribution in [0.25, 0.3) is 0 Å². The van der Waals surface area contributed by atoms with Crippen LogP contribution in [0.5, 0.6) is 0 Å². The van der Waals surface area contributed by atoms with Gasteiger partial charge in [-0.3, -0.25) is 9.69 Å². The second-order valence-electron chi connectivity index (χ2n) is 5.61. The van der Waals surface area contributed by atoms with Crippen LogP contribution < -0.4 is 0 Å². The second-order valence-corrected chi connectivity index (χ2v) is 5.61. The zero-order chi connectivity index (χ0) is 14.2. The smallest absolute Gasteiger partial charge is 0.320 e. The number of rotatable bonds is 7. The molecule has 0 aromatic heterocycles. The van der Waals surface area contributed by atoms with E-state index in [1.807, 2.05) is 25.1 Å². The Labute approximate surface area is 121 Å². The van der Waals surface area contributed by atoms with Crippen molar-refractivity contribution < 1.29 is 9.53 Å². The molecule has 0 atom stereocenters. The van der Waals surface area contributed by atoms with Gasteiger partial charge in [0, 0.05) is 13.1 Å². The first kappa shape index (κ1) is 15.0. The van der Waals surface area contributed by atoms with E-state index >= 15 is 0 Å². The summed E-state index contributed by atoms with van der Waals surface area (Å²) in [6.45, 7) is 4.56. The van der Waals surface area contributed by atoms with E-state index in [2.05, 4.69) is 17.0 Å². The molecule has 0 bridgehead atoms. The molecular formula is C17H25NO2. The average molecular weight is 275 g/mol. The van der Waals surface area contributed by atoms with Crippen molar-refractivity contribution in [3.8, 4) is 0 Å². The number of nitrogens with zero attached hydrogens (tertiary/aromatic N) is 1. The van der Waals surface area contributed by atoms with Crippen LogP contribution in [0.15, 0.2) is 30.3 Å². The minimum atomic E-state index is -0.110. The normalized spacial score (nSPS) is 15.7. The number of hydrogen-bond donors (Lipinski definition) is 0. The first-order valence-electron chi connectivity index (χ1n) is 7.70. The number of benzene rings is 1. The highest BCUT2D eigenvalue weighted by Crippen LogP contribution is 2.26. The van der Waals surface area contributed by atoms with Crippen LogP contribution >= 0.6 is 0 Å². The molecular weight excluding hydrogens is 250 g/mol. The summed E-state index contributed by atoms with van der Waals surface area (Å²) in [5.74, 6) is 0.634. The number of hydrogen-bond acceptors (Lipinski definition) is 3. The predicted octanol–water partition coefficient (Wildman–Crippen LogP) is 3.24. The molecule has 110 valence electrons. The van der Waals surface area contributed by atoms with E-state index in [0.717, 1.165) is 19.0 Å². The maximum Gasteiger partial charge on any atom is 0.320 e. The average Bonchev–Trinajstić information content (AvgIpc) is 2.93. The van der Waals surface area contributed by atoms with Gasteiger partial charge < -0.3 is 4.74 Å². The van der Waals surface area contributed by atoms with Crippen molar-refractivity contribution in [1.29, 1.82) is 0 Å². The van der Waals surface area contributed by atoms with E-state index in [9.17, 15) is 4.79 Å². The minimum absolute atomic E-state index is 0.110. The predicted molar refractivity (Wildman–Crippen MR) is 80.3 cm³/mol. The summed E-state index contributed by atoms with van der Waals surface area (Å²) in [6, 6.07) is 10.4. The first-order chi connectivity index (χ1) is 9.78. The molecule has 1 saturated carbocycles. The molecule has 1 aliphatic carbocycles. The summed E-state index contributed by atoms with van der Waals surface area (Å²) in [6.07, 6.45) is 5.27. The number of carbonyl (C=O) groups is 1. The van der Waals surface area contributed by atoms with Gasteiger partial charge in [0.1, 0.15) is 0 Å². The molecule has 2 rings (SSSR count). The lowest BCUT2D eigenvalue weighted by Crippen LogP contribution is -2.34. The summed E-state index contributed by atoms with van der Waals surface area (Å²) in [5.41, 5.74) is 1.26. The van der Waals surface area contributed by atoms with Crippen molar-refractivity contribution in [1.82, 2.24) is 4.90 Å². The number of carbonyl (C=O) groups excluding carboxylic acids is 1. The zero-order valence-electron chi connectivity index (χ0n) is 12.4. The number of ether oxygens (including phenoxy) is 1. The SMILES string of the molecule is CCOC(=O)CN(Cc1ccccc1)CC1CCCC1. The molecule has 1 aromatic carbocycles. The Morgan fingerprint density at radius 3 is 2.60 bits per heavy atom. The molecule has 0 N–H and O–H groups in total. The largest absolute Gasteiger partial charge is 0.465 e. The van der Waals surface area contributed by atoms with Crippen molar-refractivity contribution in [3.63, 3.8) is 0 Å². The minimum Gasteiger partial charge on any atom is -0.465 e. The molecule has 0 radical (unpaired) electrons. The highest BCUT2D eigenvalue weighted by molar-refractivity contribution is 5.71. The van der Waals surface area contributed by atoms with Gasteiger partial charge in [0.15, 0.2) is 0 Å². The molecule has 0 amide bonds. The van der Waals surface area contributed by atoms with Crippen LogP contribution in [-0.2, 0) is 16.1 Å². The molecule has 3 nitrogen and oxygen atoms in total. The summed E-state index contributed by atoms with van der Waals surface area (Å²) < 4.78 is 5.09. The monoisotopic (exact) mass is 275 g/mol. The molecule has 0 saturated heterocycles. The molecule has 1 aliphatic rings. The molecule has 0 aliphatic heterocycles. The molecule has 20 heavy (non-hydrogen) atoms. The third kappa shape index (κ3) is 4.97. The van der Waals surface area contributed by atoms with Gasteiger partial charge >= 0.3 is 5.97 Å². The Hall–Kier alpha value is -1.35. The summed E-state index contributed by atoms with van der Waals surface area (Å²) >= 11 is 0. The lowest BCUT2D eigenvalue weighted by atomic mass is 10.1. The van der Waals surface area contributed by atoms with Crippen LogP contribution in [0.2, 0.25) is 0 Å². The molecule has 0 spiro atoms. The van der Waals surface area contributed by atoms with Crippen molar-refractivity contribution in [2.75, 3.05) is 19.7 Å². The van der Waals surface area contributed by atoms with E-state index < -0.39 is 0 Å². The van der Waals surface area contributed by atoms with Gasteiger partial charge in [-0.05, 0) is 31.2 Å². The van der Waals surface area contributed by atoms with Gasteiger partial charge in [0.05, 0.1) is 13.2 Å². The molecule has 0 unspecified atom stereocenters. The highest BCUT2D eigenvalue weighted by Gasteiger charge is 2.20. The van der Waals surface area contributed by atoms with E-state index in [4.69, 9.17) is 4.74 Å². The fraction of sp³-hybridized carbons (Fsp3) is 0.588. The maximum atomic E-state index is 11.8. The van der Waals surface area contributed by atoms with Crippen LogP contribution in [0.3, 0.4) is 0 Å². The van der Waals surface area contributed by atoms with E-state index in [0.29, 0.717) is 13.2 Å². The Bertz CT molecular complexity index is 399. The van der Waals surface area contributed by atoms with Crippen molar-refractivity contribution >= 4 is 5.97 Å². The van der Waals surface area contributed by atoms with Crippen molar-refractivity contribution in [3.05, 3.63) is 35.9 Å². The highest BCUT2D eigenvalue weighted by atomic mass is 16.5. The van der Waals surface area contributed by atoms with Gasteiger partial charge in [0.2, 0.25) is 0 Å². The second kappa shape index (κ2) is 8.05. The number of esters is 1. The van der Waals surface area contributed by atoms with Gasteiger partial charge in [-0.15, -0.1) is 0 Å². The fourth-order valence-electron chi connectivity index (χ4n) is 2.97. The van der Waals surface area contributed by atoms with Gasteiger partial charge in [-0.2, -0.15) is 0 Å². The van der Waals surface area contributed by atoms with E-state index in [-0.39, 0.29) is 5.97 Å². The Morgan fingerprint density at radius 2 is 1.95 bits per heavy atom. The molecule has 3 heteroatoms. The fourth-order valence-corrected chi connectivity index (χ4v) is 2.97. The lowest BCUT2D eigenvalue weighted by molar-refractivity contribution is -0.144. The van der Waals surface area contributed by atoms with Crippen LogP contribution in [-0.4, -0.2) is 30.6 Å². The third-order valence-electron chi connectivity index (χ3n) is 3.90. The molecule has 1 aromatic rings. The maximum absolute atomic E-state index is 11.8. The topological polar surface area (TPSA) is 29.5 Å². The Balaban J connectivity index is 1.93. The van der Waals surface area contributed by atoms with Crippen molar-refractivity contribution in [2.45, 2.75) is 39.2 Å². The first-order valence-corrected chi connectivity index (χ1v) is 7.70. The molecule has 1 fully saturated rings. The van der Waals surface area contributed by atoms with Crippen molar-refractivity contribution in [2.24, 2.45) is 5.92 Å². The summed E-state index contributed by atoms with van der Waals surface area (Å²) in [7, 11) is 0. The van der Waals surface area contributed by atoms with E-state index in [1.165, 1.54) is 31.2 Å². The summed E-state index contributed by atoms with van der Waals surface area (Å²) in [5, 5.41) is 0. The standard InChI is InChI=1S/C17H25NO2/c1-2-20-17(19)14-18(13-16-10-6-7-11-16)12-15-8-4-3-5-9-15/h3-5,8-9,16H,2,6-7,10-14H2,1H3. The van der Waals surface area contributed by atoms with Gasteiger partial charge in [-0.1, -0.05) is 43.2 Å². The third-order valence-corrected chi connectivity index (χ3v) is 3.90. The Kier molecular flexibility index (Phi) is 6.06. The summed E-state index contributed by atoms with van der Waals surface area (Å²) in [4.78, 5) is 14.0. The Morgan fingerprint density at radius 1 is 1.25 bits per heavy atom. The van der Waals surface area contributed by atoms with Gasteiger partial charge in [0.25, 0.3) is 0 Å². The zero-order valence-corrected chi connectivity index (χ0v) is 12.4. The van der Waals surface area contributed by atoms with Crippen LogP contribution in [0.1, 0.15) is 38.2 Å². The van der Waals surface area contributed by atoms with Crippen LogP contribution in [0.4, 0.5) is 0 Å². The lowest BCUT2D eigenvalue weighted by Gasteiger charge is -2.24.